The molecule has 0 N–H and O–H groups in total. The molecule has 3 rings (SSSR count). The van der Waals surface area contributed by atoms with Crippen LogP contribution in [0.5, 0.6) is 0 Å². The summed E-state index contributed by atoms with van der Waals surface area (Å²) in [7, 11) is 4.25. The summed E-state index contributed by atoms with van der Waals surface area (Å²) in [4.78, 5) is 3.60. The summed E-state index contributed by atoms with van der Waals surface area (Å²) in [5.41, 5.74) is 5.53. The zero-order chi connectivity index (χ0) is 15.5. The Hall–Kier alpha value is -1.03. The van der Waals surface area contributed by atoms with Crippen molar-refractivity contribution in [1.29, 1.82) is 0 Å². The molecule has 0 bridgehead atoms. The van der Waals surface area contributed by atoms with Crippen LogP contribution in [0.4, 0.5) is 0 Å². The smallest absolute Gasteiger partial charge is 0.0238 e. The van der Waals surface area contributed by atoms with Gasteiger partial charge in [-0.1, -0.05) is 46.3 Å². The largest absolute Gasteiger partial charge is 0.309 e. The third kappa shape index (κ3) is 3.48. The highest BCUT2D eigenvalue weighted by Crippen LogP contribution is 2.41. The first-order chi connectivity index (χ1) is 10.6. The fourth-order valence-electron chi connectivity index (χ4n) is 2.74. The van der Waals surface area contributed by atoms with Gasteiger partial charge in [-0.2, -0.15) is 0 Å². The van der Waals surface area contributed by atoms with Crippen LogP contribution in [0.2, 0.25) is 0 Å². The standard InChI is InChI=1S/C19H20BrNS/c1-21(2)11-5-8-17-16-7-4-3-6-14(16)13-22-19-10-9-15(20)12-18(17)19/h3-4,6-10,12H,5,11,13H2,1-2H3. The molecular formula is C19H20BrNS. The van der Waals surface area contributed by atoms with E-state index in [1.54, 1.807) is 0 Å². The van der Waals surface area contributed by atoms with Gasteiger partial charge in [0.05, 0.1) is 0 Å². The minimum atomic E-state index is 1.04. The van der Waals surface area contributed by atoms with E-state index in [9.17, 15) is 0 Å². The van der Waals surface area contributed by atoms with Crippen LogP contribution in [-0.2, 0) is 5.75 Å². The monoisotopic (exact) mass is 373 g/mol. The summed E-state index contributed by atoms with van der Waals surface area (Å²) in [5.74, 6) is 1.04. The highest BCUT2D eigenvalue weighted by Gasteiger charge is 2.18. The Kier molecular flexibility index (Phi) is 5.07. The lowest BCUT2D eigenvalue weighted by molar-refractivity contribution is 0.417. The molecule has 22 heavy (non-hydrogen) atoms. The molecule has 1 nitrogen and oxygen atoms in total. The summed E-state index contributed by atoms with van der Waals surface area (Å²) in [5, 5.41) is 0. The molecular weight excluding hydrogens is 354 g/mol. The normalized spacial score (nSPS) is 15.5. The van der Waals surface area contributed by atoms with Gasteiger partial charge >= 0.3 is 0 Å². The number of fused-ring (bicyclic) bond motifs is 2. The van der Waals surface area contributed by atoms with Crippen LogP contribution in [0, 0.1) is 0 Å². The van der Waals surface area contributed by atoms with Crippen molar-refractivity contribution < 1.29 is 0 Å². The number of hydrogen-bond donors (Lipinski definition) is 0. The molecule has 0 amide bonds. The van der Waals surface area contributed by atoms with Gasteiger partial charge in [0.1, 0.15) is 0 Å². The average Bonchev–Trinajstić information content (AvgIpc) is 2.65. The second-order valence-corrected chi connectivity index (χ2v) is 7.73. The van der Waals surface area contributed by atoms with Gasteiger partial charge in [-0.3, -0.25) is 0 Å². The molecule has 0 aliphatic carbocycles. The topological polar surface area (TPSA) is 3.24 Å². The minimum Gasteiger partial charge on any atom is -0.309 e. The van der Waals surface area contributed by atoms with E-state index in [1.165, 1.54) is 27.2 Å². The fourth-order valence-corrected chi connectivity index (χ4v) is 4.15. The molecule has 0 saturated carbocycles. The van der Waals surface area contributed by atoms with Crippen molar-refractivity contribution in [3.63, 3.8) is 0 Å². The highest BCUT2D eigenvalue weighted by atomic mass is 79.9. The van der Waals surface area contributed by atoms with Crippen molar-refractivity contribution >= 4 is 33.3 Å². The number of rotatable bonds is 3. The molecule has 1 heterocycles. The van der Waals surface area contributed by atoms with Crippen LogP contribution in [0.3, 0.4) is 0 Å². The second-order valence-electron chi connectivity index (χ2n) is 5.80. The van der Waals surface area contributed by atoms with Crippen molar-refractivity contribution in [3.05, 3.63) is 69.7 Å². The lowest BCUT2D eigenvalue weighted by atomic mass is 9.93. The summed E-state index contributed by atoms with van der Waals surface area (Å²) in [6.07, 6.45) is 3.46. The average molecular weight is 374 g/mol. The molecule has 0 atom stereocenters. The summed E-state index contributed by atoms with van der Waals surface area (Å²) >= 11 is 5.56. The van der Waals surface area contributed by atoms with Crippen molar-refractivity contribution in [2.24, 2.45) is 0 Å². The van der Waals surface area contributed by atoms with Crippen molar-refractivity contribution in [2.75, 3.05) is 20.6 Å². The van der Waals surface area contributed by atoms with E-state index < -0.39 is 0 Å². The Bertz CT molecular complexity index is 706. The van der Waals surface area contributed by atoms with Crippen molar-refractivity contribution in [3.8, 4) is 0 Å². The maximum atomic E-state index is 3.63. The van der Waals surface area contributed by atoms with Crippen molar-refractivity contribution in [1.82, 2.24) is 4.90 Å². The fraction of sp³-hybridized carbons (Fsp3) is 0.263. The maximum absolute atomic E-state index is 3.63. The molecule has 0 radical (unpaired) electrons. The second kappa shape index (κ2) is 7.03. The molecule has 1 aliphatic rings. The third-order valence-electron chi connectivity index (χ3n) is 3.85. The molecule has 3 heteroatoms. The van der Waals surface area contributed by atoms with Gasteiger partial charge in [-0.15, -0.1) is 11.8 Å². The number of halogens is 1. The maximum Gasteiger partial charge on any atom is 0.0238 e. The first-order valence-corrected chi connectivity index (χ1v) is 9.29. The first kappa shape index (κ1) is 15.9. The molecule has 2 aromatic carbocycles. The SMILES string of the molecule is CN(C)CCC=C1c2ccccc2CSc2ccc(Br)cc21. The summed E-state index contributed by atoms with van der Waals surface area (Å²) in [6, 6.07) is 15.4. The predicted octanol–water partition coefficient (Wildman–Crippen LogP) is 5.44. The summed E-state index contributed by atoms with van der Waals surface area (Å²) < 4.78 is 1.14. The van der Waals surface area contributed by atoms with E-state index in [0.717, 1.165) is 23.2 Å². The van der Waals surface area contributed by atoms with Crippen LogP contribution in [-0.4, -0.2) is 25.5 Å². The lowest BCUT2D eigenvalue weighted by Crippen LogP contribution is -2.12. The minimum absolute atomic E-state index is 1.04. The molecule has 0 saturated heterocycles. The van der Waals surface area contributed by atoms with Gasteiger partial charge in [0, 0.05) is 21.7 Å². The molecule has 114 valence electrons. The Labute approximate surface area is 145 Å². The Balaban J connectivity index is 2.10. The number of nitrogens with zero attached hydrogens (tertiary/aromatic N) is 1. The van der Waals surface area contributed by atoms with E-state index in [0.29, 0.717) is 0 Å². The molecule has 0 spiro atoms. The van der Waals surface area contributed by atoms with Crippen molar-refractivity contribution in [2.45, 2.75) is 17.1 Å². The van der Waals surface area contributed by atoms with E-state index in [2.05, 4.69) is 83.5 Å². The van der Waals surface area contributed by atoms with Crippen LogP contribution in [0.15, 0.2) is 57.9 Å². The van der Waals surface area contributed by atoms with Crippen LogP contribution >= 0.6 is 27.7 Å². The Morgan fingerprint density at radius 2 is 1.95 bits per heavy atom. The number of thioether (sulfide) groups is 1. The van der Waals surface area contributed by atoms with Gasteiger partial charge < -0.3 is 4.90 Å². The lowest BCUT2D eigenvalue weighted by Gasteiger charge is -2.13. The summed E-state index contributed by atoms with van der Waals surface area (Å²) in [6.45, 7) is 1.07. The quantitative estimate of drug-likeness (QED) is 0.704. The van der Waals surface area contributed by atoms with Crippen LogP contribution in [0.1, 0.15) is 23.1 Å². The molecule has 2 aromatic rings. The number of hydrogen-bond acceptors (Lipinski definition) is 2. The van der Waals surface area contributed by atoms with Gasteiger partial charge in [-0.05, 0) is 61.0 Å². The molecule has 0 fully saturated rings. The zero-order valence-electron chi connectivity index (χ0n) is 13.0. The zero-order valence-corrected chi connectivity index (χ0v) is 15.4. The number of benzene rings is 2. The molecule has 0 aromatic heterocycles. The Morgan fingerprint density at radius 1 is 1.14 bits per heavy atom. The van der Waals surface area contributed by atoms with E-state index in [1.807, 2.05) is 11.8 Å². The first-order valence-electron chi connectivity index (χ1n) is 7.51. The predicted molar refractivity (Wildman–Crippen MR) is 100 cm³/mol. The molecule has 0 unspecified atom stereocenters. The van der Waals surface area contributed by atoms with E-state index >= 15 is 0 Å². The van der Waals surface area contributed by atoms with E-state index in [4.69, 9.17) is 0 Å². The van der Waals surface area contributed by atoms with Gasteiger partial charge in [0.25, 0.3) is 0 Å². The van der Waals surface area contributed by atoms with E-state index in [-0.39, 0.29) is 0 Å². The van der Waals surface area contributed by atoms with Gasteiger partial charge in [0.15, 0.2) is 0 Å². The molecule has 1 aliphatic heterocycles. The highest BCUT2D eigenvalue weighted by molar-refractivity contribution is 9.10. The van der Waals surface area contributed by atoms with Crippen LogP contribution < -0.4 is 0 Å². The van der Waals surface area contributed by atoms with Crippen LogP contribution in [0.25, 0.3) is 5.57 Å². The third-order valence-corrected chi connectivity index (χ3v) is 5.46. The van der Waals surface area contributed by atoms with Gasteiger partial charge in [0.2, 0.25) is 0 Å². The Morgan fingerprint density at radius 3 is 2.77 bits per heavy atom. The van der Waals surface area contributed by atoms with Gasteiger partial charge in [-0.25, -0.2) is 0 Å².